The second-order valence-corrected chi connectivity index (χ2v) is 6.79. The van der Waals surface area contributed by atoms with E-state index in [1.54, 1.807) is 12.3 Å². The third-order valence-corrected chi connectivity index (χ3v) is 4.81. The van der Waals surface area contributed by atoms with Crippen LogP contribution in [0, 0.1) is 0 Å². The van der Waals surface area contributed by atoms with Gasteiger partial charge in [0.2, 0.25) is 11.9 Å². The molecule has 0 fully saturated rings. The third-order valence-electron chi connectivity index (χ3n) is 2.89. The molecule has 1 heterocycles. The topological polar surface area (TPSA) is 76.1 Å². The molecule has 0 unspecified atom stereocenters. The fourth-order valence-electron chi connectivity index (χ4n) is 1.75. The summed E-state index contributed by atoms with van der Waals surface area (Å²) < 4.78 is 26.2. The number of anilines is 1. The molecular formula is C13H14Cl2N3O2S+. The highest BCUT2D eigenvalue weighted by Crippen LogP contribution is 2.30. The van der Waals surface area contributed by atoms with Gasteiger partial charge in [-0.15, -0.1) is 0 Å². The lowest BCUT2D eigenvalue weighted by Gasteiger charge is -2.08. The number of nitrogen functional groups attached to an aromatic ring is 1. The highest BCUT2D eigenvalue weighted by atomic mass is 35.5. The zero-order valence-electron chi connectivity index (χ0n) is 11.2. The number of benzene rings is 1. The van der Waals surface area contributed by atoms with E-state index in [2.05, 4.69) is 4.83 Å². The van der Waals surface area contributed by atoms with Gasteiger partial charge in [-0.05, 0) is 18.2 Å². The molecule has 0 atom stereocenters. The summed E-state index contributed by atoms with van der Waals surface area (Å²) >= 11 is 11.8. The maximum absolute atomic E-state index is 12.4. The van der Waals surface area contributed by atoms with E-state index >= 15 is 0 Å². The number of nitrogens with zero attached hydrogens (tertiary/aromatic N) is 1. The average molecular weight is 347 g/mol. The number of halogens is 2. The lowest BCUT2D eigenvalue weighted by Crippen LogP contribution is -2.50. The van der Waals surface area contributed by atoms with Crippen molar-refractivity contribution in [2.24, 2.45) is 0 Å². The Morgan fingerprint density at radius 2 is 1.86 bits per heavy atom. The number of rotatable bonds is 4. The Bertz CT molecular complexity index is 756. The van der Waals surface area contributed by atoms with E-state index in [9.17, 15) is 8.42 Å². The molecule has 0 aliphatic carbocycles. The van der Waals surface area contributed by atoms with Crippen molar-refractivity contribution in [3.05, 3.63) is 52.3 Å². The van der Waals surface area contributed by atoms with Gasteiger partial charge in [-0.3, -0.25) is 0 Å². The number of hydrogen-bond donors (Lipinski definition) is 2. The van der Waals surface area contributed by atoms with Crippen molar-refractivity contribution in [1.82, 2.24) is 0 Å². The molecule has 0 radical (unpaired) electrons. The van der Waals surface area contributed by atoms with Crippen LogP contribution in [0.4, 0.5) is 5.69 Å². The van der Waals surface area contributed by atoms with Crippen molar-refractivity contribution in [3.8, 4) is 0 Å². The number of nitrogens with one attached hydrogen (secondary N) is 1. The van der Waals surface area contributed by atoms with Gasteiger partial charge in [0, 0.05) is 18.6 Å². The Balaban J connectivity index is 2.44. The Hall–Kier alpha value is -1.50. The molecule has 2 rings (SSSR count). The van der Waals surface area contributed by atoms with Gasteiger partial charge in [-0.1, -0.05) is 39.6 Å². The molecule has 112 valence electrons. The SMILES string of the molecule is CCc1cccc[n+]1NS(=O)(=O)c1cc(Cl)c(N)c(Cl)c1. The fraction of sp³-hybridized carbons (Fsp3) is 0.154. The Morgan fingerprint density at radius 1 is 1.24 bits per heavy atom. The van der Waals surface area contributed by atoms with E-state index in [0.717, 1.165) is 5.69 Å². The summed E-state index contributed by atoms with van der Waals surface area (Å²) in [7, 11) is -3.82. The van der Waals surface area contributed by atoms with Crippen LogP contribution in [0.5, 0.6) is 0 Å². The Morgan fingerprint density at radius 3 is 2.43 bits per heavy atom. The Labute approximate surface area is 133 Å². The summed E-state index contributed by atoms with van der Waals surface area (Å²) in [6.45, 7) is 1.93. The first-order chi connectivity index (χ1) is 9.85. The fourth-order valence-corrected chi connectivity index (χ4v) is 3.46. The van der Waals surface area contributed by atoms with E-state index in [-0.39, 0.29) is 20.6 Å². The quantitative estimate of drug-likeness (QED) is 0.659. The maximum atomic E-state index is 12.4. The van der Waals surface area contributed by atoms with Gasteiger partial charge in [0.1, 0.15) is 0 Å². The number of nitrogens with two attached hydrogens (primary N) is 1. The summed E-state index contributed by atoms with van der Waals surface area (Å²) in [5, 5.41) is 0.188. The normalized spacial score (nSPS) is 11.4. The van der Waals surface area contributed by atoms with Crippen LogP contribution in [0.3, 0.4) is 0 Å². The van der Waals surface area contributed by atoms with E-state index in [0.29, 0.717) is 6.42 Å². The van der Waals surface area contributed by atoms with Crippen LogP contribution in [0.15, 0.2) is 41.4 Å². The van der Waals surface area contributed by atoms with Crippen molar-refractivity contribution in [2.45, 2.75) is 18.2 Å². The van der Waals surface area contributed by atoms with Crippen LogP contribution in [0.25, 0.3) is 0 Å². The number of aromatic nitrogens is 1. The molecule has 0 bridgehead atoms. The number of pyridine rings is 1. The first kappa shape index (κ1) is 15.9. The molecule has 0 saturated heterocycles. The van der Waals surface area contributed by atoms with Crippen LogP contribution in [0.2, 0.25) is 10.0 Å². The van der Waals surface area contributed by atoms with Gasteiger partial charge >= 0.3 is 10.0 Å². The zero-order valence-corrected chi connectivity index (χ0v) is 13.5. The zero-order chi connectivity index (χ0) is 15.6. The number of sulfonamides is 1. The molecule has 21 heavy (non-hydrogen) atoms. The van der Waals surface area contributed by atoms with E-state index in [4.69, 9.17) is 28.9 Å². The van der Waals surface area contributed by atoms with Crippen LogP contribution in [0.1, 0.15) is 12.6 Å². The summed E-state index contributed by atoms with van der Waals surface area (Å²) in [5.41, 5.74) is 6.57. The average Bonchev–Trinajstić information content (AvgIpc) is 2.44. The standard InChI is InChI=1S/C13H14Cl2N3O2S/c1-2-9-5-3-4-6-18(9)17-21(19,20)10-7-11(14)13(16)12(15)8-10/h3-8,17H,2,16H2,1H3/q+1. The molecule has 0 spiro atoms. The minimum Gasteiger partial charge on any atom is -0.396 e. The molecule has 0 amide bonds. The second kappa shape index (κ2) is 6.09. The van der Waals surface area contributed by atoms with Gasteiger partial charge in [-0.2, -0.15) is 8.42 Å². The minimum atomic E-state index is -3.82. The molecule has 5 nitrogen and oxygen atoms in total. The van der Waals surface area contributed by atoms with Gasteiger partial charge in [0.15, 0.2) is 0 Å². The van der Waals surface area contributed by atoms with Crippen LogP contribution < -0.4 is 15.2 Å². The first-order valence-corrected chi connectivity index (χ1v) is 8.36. The molecule has 1 aromatic heterocycles. The monoisotopic (exact) mass is 346 g/mol. The molecule has 2 aromatic rings. The molecule has 0 aliphatic heterocycles. The lowest BCUT2D eigenvalue weighted by molar-refractivity contribution is -0.644. The highest BCUT2D eigenvalue weighted by molar-refractivity contribution is 7.92. The van der Waals surface area contributed by atoms with Crippen molar-refractivity contribution in [1.29, 1.82) is 0 Å². The molecule has 3 N–H and O–H groups in total. The van der Waals surface area contributed by atoms with Crippen LogP contribution in [-0.2, 0) is 16.4 Å². The van der Waals surface area contributed by atoms with Gasteiger partial charge in [-0.25, -0.2) is 0 Å². The summed E-state index contributed by atoms with van der Waals surface area (Å²) in [6.07, 6.45) is 2.30. The van der Waals surface area contributed by atoms with Gasteiger partial charge in [0.05, 0.1) is 20.6 Å². The molecule has 0 saturated carbocycles. The predicted molar refractivity (Wildman–Crippen MR) is 83.4 cm³/mol. The highest BCUT2D eigenvalue weighted by Gasteiger charge is 2.22. The van der Waals surface area contributed by atoms with E-state index in [1.165, 1.54) is 16.8 Å². The van der Waals surface area contributed by atoms with Crippen LogP contribution in [-0.4, -0.2) is 8.42 Å². The van der Waals surface area contributed by atoms with Crippen molar-refractivity contribution in [2.75, 3.05) is 10.6 Å². The predicted octanol–water partition coefficient (Wildman–Crippen LogP) is 2.36. The van der Waals surface area contributed by atoms with Crippen molar-refractivity contribution < 1.29 is 13.1 Å². The Kier molecular flexibility index (Phi) is 4.61. The molecular weight excluding hydrogens is 333 g/mol. The smallest absolute Gasteiger partial charge is 0.306 e. The summed E-state index contributed by atoms with van der Waals surface area (Å²) in [5.74, 6) is 0. The van der Waals surface area contributed by atoms with E-state index < -0.39 is 10.0 Å². The van der Waals surface area contributed by atoms with Crippen LogP contribution >= 0.6 is 23.2 Å². The maximum Gasteiger partial charge on any atom is 0.306 e. The van der Waals surface area contributed by atoms with Crippen molar-refractivity contribution >= 4 is 38.9 Å². The van der Waals surface area contributed by atoms with Crippen molar-refractivity contribution in [3.63, 3.8) is 0 Å². The summed E-state index contributed by atoms with van der Waals surface area (Å²) in [6, 6.07) is 7.91. The number of hydrogen-bond acceptors (Lipinski definition) is 3. The van der Waals surface area contributed by atoms with Gasteiger partial charge in [0.25, 0.3) is 0 Å². The molecule has 8 heteroatoms. The minimum absolute atomic E-state index is 0.0508. The number of aryl methyl sites for hydroxylation is 1. The molecule has 1 aromatic carbocycles. The second-order valence-electron chi connectivity index (χ2n) is 4.31. The largest absolute Gasteiger partial charge is 0.396 e. The van der Waals surface area contributed by atoms with Gasteiger partial charge < -0.3 is 5.73 Å². The molecule has 0 aliphatic rings. The lowest BCUT2D eigenvalue weighted by atomic mass is 10.3. The summed E-state index contributed by atoms with van der Waals surface area (Å²) in [4.78, 5) is 2.41. The van der Waals surface area contributed by atoms with E-state index in [1.807, 2.05) is 19.1 Å². The third kappa shape index (κ3) is 3.40. The first-order valence-electron chi connectivity index (χ1n) is 6.12.